The van der Waals surface area contributed by atoms with E-state index in [1.807, 2.05) is 13.8 Å². The molecule has 0 radical (unpaired) electrons. The van der Waals surface area contributed by atoms with Gasteiger partial charge in [0, 0.05) is 12.1 Å². The normalized spacial score (nSPS) is 14.4. The Morgan fingerprint density at radius 3 is 2.33 bits per heavy atom. The van der Waals surface area contributed by atoms with Gasteiger partial charge in [0.25, 0.3) is 5.91 Å². The largest absolute Gasteiger partial charge is 0.478 e. The van der Waals surface area contributed by atoms with Gasteiger partial charge in [0.2, 0.25) is 0 Å². The van der Waals surface area contributed by atoms with Crippen LogP contribution in [0.3, 0.4) is 0 Å². The van der Waals surface area contributed by atoms with Gasteiger partial charge in [-0.3, -0.25) is 4.79 Å². The van der Waals surface area contributed by atoms with Crippen molar-refractivity contribution in [3.8, 4) is 5.75 Å². The number of halogens is 1. The third kappa shape index (κ3) is 5.01. The minimum atomic E-state index is -1.09. The van der Waals surface area contributed by atoms with Crippen LogP contribution in [-0.4, -0.2) is 28.8 Å². The van der Waals surface area contributed by atoms with Crippen molar-refractivity contribution in [3.63, 3.8) is 0 Å². The number of hydrogen-bond acceptors (Lipinski definition) is 3. The van der Waals surface area contributed by atoms with Crippen molar-refractivity contribution in [2.45, 2.75) is 51.7 Å². The molecule has 0 saturated carbocycles. The molecule has 0 fully saturated rings. The summed E-state index contributed by atoms with van der Waals surface area (Å²) in [5.41, 5.74) is -1.57. The van der Waals surface area contributed by atoms with E-state index in [9.17, 15) is 9.18 Å². The van der Waals surface area contributed by atoms with Crippen LogP contribution >= 0.6 is 0 Å². The van der Waals surface area contributed by atoms with Crippen molar-refractivity contribution >= 4 is 5.91 Å². The molecule has 1 rings (SSSR count). The number of aliphatic hydroxyl groups is 1. The quantitative estimate of drug-likeness (QED) is 0.813. The fourth-order valence-electron chi connectivity index (χ4n) is 1.84. The van der Waals surface area contributed by atoms with Gasteiger partial charge in [-0.2, -0.15) is 0 Å². The first-order valence-corrected chi connectivity index (χ1v) is 7.10. The SMILES string of the molecule is CCC(C)(CCO)NC(=O)C(C)(C)Oc1ccc(F)cc1. The highest BCUT2D eigenvalue weighted by Gasteiger charge is 2.34. The summed E-state index contributed by atoms with van der Waals surface area (Å²) in [7, 11) is 0. The molecule has 1 unspecified atom stereocenters. The van der Waals surface area contributed by atoms with E-state index in [1.54, 1.807) is 13.8 Å². The number of benzene rings is 1. The molecule has 0 bridgehead atoms. The van der Waals surface area contributed by atoms with E-state index in [0.29, 0.717) is 18.6 Å². The van der Waals surface area contributed by atoms with Crippen molar-refractivity contribution in [3.05, 3.63) is 30.1 Å². The van der Waals surface area contributed by atoms with E-state index in [0.717, 1.165) is 0 Å². The zero-order chi connectivity index (χ0) is 16.1. The Bertz CT molecular complexity index is 473. The lowest BCUT2D eigenvalue weighted by Gasteiger charge is -2.34. The molecule has 0 aliphatic carbocycles. The van der Waals surface area contributed by atoms with Gasteiger partial charge in [0.1, 0.15) is 11.6 Å². The molecule has 1 atom stereocenters. The predicted molar refractivity (Wildman–Crippen MR) is 79.6 cm³/mol. The van der Waals surface area contributed by atoms with Gasteiger partial charge in [-0.25, -0.2) is 4.39 Å². The summed E-state index contributed by atoms with van der Waals surface area (Å²) in [4.78, 5) is 12.4. The van der Waals surface area contributed by atoms with Gasteiger partial charge >= 0.3 is 0 Å². The van der Waals surface area contributed by atoms with Gasteiger partial charge in [-0.15, -0.1) is 0 Å². The standard InChI is InChI=1S/C16H24FNO3/c1-5-16(4,10-11-19)18-14(20)15(2,3)21-13-8-6-12(17)7-9-13/h6-9,19H,5,10-11H2,1-4H3,(H,18,20). The maximum atomic E-state index is 12.9. The number of carbonyl (C=O) groups is 1. The van der Waals surface area contributed by atoms with Crippen LogP contribution in [-0.2, 0) is 4.79 Å². The molecule has 0 aromatic heterocycles. The van der Waals surface area contributed by atoms with Gasteiger partial charge in [-0.1, -0.05) is 6.92 Å². The van der Waals surface area contributed by atoms with Crippen LogP contribution in [0.5, 0.6) is 5.75 Å². The Hall–Kier alpha value is -1.62. The Kier molecular flexibility index (Phi) is 5.72. The number of amides is 1. The van der Waals surface area contributed by atoms with Gasteiger partial charge in [0.15, 0.2) is 5.60 Å². The van der Waals surface area contributed by atoms with E-state index in [-0.39, 0.29) is 18.3 Å². The number of hydrogen-bond donors (Lipinski definition) is 2. The van der Waals surface area contributed by atoms with Crippen molar-refractivity contribution < 1.29 is 19.0 Å². The van der Waals surface area contributed by atoms with Crippen LogP contribution in [0.15, 0.2) is 24.3 Å². The lowest BCUT2D eigenvalue weighted by Crippen LogP contribution is -2.55. The lowest BCUT2D eigenvalue weighted by atomic mass is 9.93. The minimum absolute atomic E-state index is 0.00384. The Morgan fingerprint density at radius 1 is 1.29 bits per heavy atom. The fourth-order valence-corrected chi connectivity index (χ4v) is 1.84. The summed E-state index contributed by atoms with van der Waals surface area (Å²) in [6.07, 6.45) is 1.17. The summed E-state index contributed by atoms with van der Waals surface area (Å²) in [6.45, 7) is 7.14. The first kappa shape index (κ1) is 17.4. The molecule has 1 aromatic carbocycles. The summed E-state index contributed by atoms with van der Waals surface area (Å²) in [5.74, 6) is -0.201. The van der Waals surface area contributed by atoms with Crippen LogP contribution in [0.2, 0.25) is 0 Å². The molecule has 0 saturated heterocycles. The zero-order valence-electron chi connectivity index (χ0n) is 13.1. The maximum absolute atomic E-state index is 12.9. The third-order valence-electron chi connectivity index (χ3n) is 3.59. The number of carbonyl (C=O) groups excluding carboxylic acids is 1. The highest BCUT2D eigenvalue weighted by Crippen LogP contribution is 2.21. The average Bonchev–Trinajstić information content (AvgIpc) is 2.41. The molecule has 0 heterocycles. The summed E-state index contributed by atoms with van der Waals surface area (Å²) >= 11 is 0. The van der Waals surface area contributed by atoms with Crippen LogP contribution in [0, 0.1) is 5.82 Å². The van der Waals surface area contributed by atoms with Crippen molar-refractivity contribution in [1.82, 2.24) is 5.32 Å². The Balaban J connectivity index is 2.76. The Morgan fingerprint density at radius 2 is 1.86 bits per heavy atom. The van der Waals surface area contributed by atoms with Gasteiger partial charge < -0.3 is 15.2 Å². The second kappa shape index (κ2) is 6.89. The van der Waals surface area contributed by atoms with E-state index >= 15 is 0 Å². The van der Waals surface area contributed by atoms with Crippen LogP contribution in [0.4, 0.5) is 4.39 Å². The summed E-state index contributed by atoms with van der Waals surface area (Å²) in [5, 5.41) is 12.0. The zero-order valence-corrected chi connectivity index (χ0v) is 13.1. The molecule has 2 N–H and O–H groups in total. The number of rotatable bonds is 7. The highest BCUT2D eigenvalue weighted by atomic mass is 19.1. The van der Waals surface area contributed by atoms with Gasteiger partial charge in [-0.05, 0) is 57.9 Å². The number of ether oxygens (including phenoxy) is 1. The fraction of sp³-hybridized carbons (Fsp3) is 0.562. The number of nitrogens with one attached hydrogen (secondary N) is 1. The second-order valence-corrected chi connectivity index (χ2v) is 5.91. The van der Waals surface area contributed by atoms with Crippen LogP contribution in [0.25, 0.3) is 0 Å². The molecule has 0 aliphatic heterocycles. The lowest BCUT2D eigenvalue weighted by molar-refractivity contribution is -0.136. The van der Waals surface area contributed by atoms with E-state index < -0.39 is 11.1 Å². The molecule has 4 nitrogen and oxygen atoms in total. The van der Waals surface area contributed by atoms with Crippen LogP contribution < -0.4 is 10.1 Å². The third-order valence-corrected chi connectivity index (χ3v) is 3.59. The first-order chi connectivity index (χ1) is 9.72. The monoisotopic (exact) mass is 297 g/mol. The molecular formula is C16H24FNO3. The maximum Gasteiger partial charge on any atom is 0.264 e. The second-order valence-electron chi connectivity index (χ2n) is 5.91. The summed E-state index contributed by atoms with van der Waals surface area (Å²) < 4.78 is 18.5. The van der Waals surface area contributed by atoms with Gasteiger partial charge in [0.05, 0.1) is 0 Å². The topological polar surface area (TPSA) is 58.6 Å². The van der Waals surface area contributed by atoms with Crippen molar-refractivity contribution in [2.75, 3.05) is 6.61 Å². The molecule has 5 heteroatoms. The van der Waals surface area contributed by atoms with E-state index in [2.05, 4.69) is 5.32 Å². The number of aliphatic hydroxyl groups excluding tert-OH is 1. The first-order valence-electron chi connectivity index (χ1n) is 7.10. The predicted octanol–water partition coefficient (Wildman–Crippen LogP) is 2.65. The molecule has 0 aliphatic rings. The van der Waals surface area contributed by atoms with Crippen molar-refractivity contribution in [2.24, 2.45) is 0 Å². The van der Waals surface area contributed by atoms with Crippen molar-refractivity contribution in [1.29, 1.82) is 0 Å². The Labute approximate surface area is 125 Å². The molecule has 0 spiro atoms. The highest BCUT2D eigenvalue weighted by molar-refractivity contribution is 5.85. The van der Waals surface area contributed by atoms with E-state index in [4.69, 9.17) is 9.84 Å². The smallest absolute Gasteiger partial charge is 0.264 e. The summed E-state index contributed by atoms with van der Waals surface area (Å²) in [6, 6.07) is 5.53. The molecule has 1 aromatic rings. The average molecular weight is 297 g/mol. The molecule has 118 valence electrons. The molecule has 21 heavy (non-hydrogen) atoms. The minimum Gasteiger partial charge on any atom is -0.478 e. The molecule has 1 amide bonds. The van der Waals surface area contributed by atoms with E-state index in [1.165, 1.54) is 24.3 Å². The van der Waals surface area contributed by atoms with Crippen LogP contribution in [0.1, 0.15) is 40.5 Å². The molecular weight excluding hydrogens is 273 g/mol.